The number of rotatable bonds is 7. The summed E-state index contributed by atoms with van der Waals surface area (Å²) in [6.07, 6.45) is 1.66. The van der Waals surface area contributed by atoms with Crippen molar-refractivity contribution >= 4 is 11.9 Å². The van der Waals surface area contributed by atoms with Gasteiger partial charge in [0.2, 0.25) is 0 Å². The van der Waals surface area contributed by atoms with E-state index in [4.69, 9.17) is 9.47 Å². The lowest BCUT2D eigenvalue weighted by atomic mass is 9.78. The lowest BCUT2D eigenvalue weighted by molar-refractivity contribution is -0.160. The first kappa shape index (κ1) is 20.9. The van der Waals surface area contributed by atoms with E-state index >= 15 is 0 Å². The van der Waals surface area contributed by atoms with Crippen molar-refractivity contribution < 1.29 is 24.2 Å². The maximum Gasteiger partial charge on any atom is 0.305 e. The van der Waals surface area contributed by atoms with Gasteiger partial charge < -0.3 is 14.6 Å². The van der Waals surface area contributed by atoms with E-state index in [1.54, 1.807) is 0 Å². The Morgan fingerprint density at radius 2 is 1.75 bits per heavy atom. The van der Waals surface area contributed by atoms with Crippen LogP contribution in [0.5, 0.6) is 0 Å². The van der Waals surface area contributed by atoms with Gasteiger partial charge in [0.15, 0.2) is 0 Å². The Hall–Kier alpha value is -1.14. The average molecular weight is 343 g/mol. The van der Waals surface area contributed by atoms with Gasteiger partial charge in [0.25, 0.3) is 0 Å². The SMILES string of the molecule is CCCC(=O)OCC(O)CN1C(C)(C)CC(OC(C)=O)CC1(C)C. The molecule has 1 unspecified atom stereocenters. The van der Waals surface area contributed by atoms with Crippen LogP contribution < -0.4 is 0 Å². The Morgan fingerprint density at radius 1 is 1.21 bits per heavy atom. The van der Waals surface area contributed by atoms with E-state index in [1.807, 2.05) is 6.92 Å². The molecule has 0 bridgehead atoms. The minimum Gasteiger partial charge on any atom is -0.463 e. The fourth-order valence-electron chi connectivity index (χ4n) is 3.77. The van der Waals surface area contributed by atoms with Gasteiger partial charge in [-0.3, -0.25) is 14.5 Å². The standard InChI is InChI=1S/C18H33NO5/c1-7-8-16(22)23-12-14(21)11-19-17(3,4)9-15(24-13(2)20)10-18(19,5)6/h14-15,21H,7-12H2,1-6H3. The second-order valence-corrected chi connectivity index (χ2v) is 7.96. The van der Waals surface area contributed by atoms with Crippen LogP contribution in [0.2, 0.25) is 0 Å². The zero-order chi connectivity index (χ0) is 18.5. The summed E-state index contributed by atoms with van der Waals surface area (Å²) in [7, 11) is 0. The van der Waals surface area contributed by atoms with E-state index < -0.39 is 6.10 Å². The Labute approximate surface area is 145 Å². The van der Waals surface area contributed by atoms with Crippen LogP contribution in [0.3, 0.4) is 0 Å². The number of esters is 2. The van der Waals surface area contributed by atoms with E-state index in [1.165, 1.54) is 6.92 Å². The quantitative estimate of drug-likeness (QED) is 0.715. The molecule has 1 N–H and O–H groups in total. The van der Waals surface area contributed by atoms with Crippen LogP contribution in [0.25, 0.3) is 0 Å². The van der Waals surface area contributed by atoms with Crippen molar-refractivity contribution in [3.63, 3.8) is 0 Å². The van der Waals surface area contributed by atoms with Crippen molar-refractivity contribution in [3.05, 3.63) is 0 Å². The molecule has 1 fully saturated rings. The van der Waals surface area contributed by atoms with Crippen molar-refractivity contribution in [1.82, 2.24) is 4.90 Å². The fourth-order valence-corrected chi connectivity index (χ4v) is 3.77. The number of aliphatic hydroxyl groups excluding tert-OH is 1. The Bertz CT molecular complexity index is 429. The topological polar surface area (TPSA) is 76.1 Å². The largest absolute Gasteiger partial charge is 0.463 e. The number of aliphatic hydroxyl groups is 1. The maximum absolute atomic E-state index is 11.4. The highest BCUT2D eigenvalue weighted by atomic mass is 16.5. The summed E-state index contributed by atoms with van der Waals surface area (Å²) >= 11 is 0. The summed E-state index contributed by atoms with van der Waals surface area (Å²) in [5, 5.41) is 10.3. The zero-order valence-corrected chi connectivity index (χ0v) is 15.9. The van der Waals surface area contributed by atoms with E-state index in [0.29, 0.717) is 25.8 Å². The van der Waals surface area contributed by atoms with Crippen LogP contribution in [0.4, 0.5) is 0 Å². The molecule has 6 heteroatoms. The molecule has 24 heavy (non-hydrogen) atoms. The van der Waals surface area contributed by atoms with E-state index in [-0.39, 0.29) is 35.7 Å². The first-order valence-electron chi connectivity index (χ1n) is 8.76. The molecule has 1 aliphatic heterocycles. The molecule has 140 valence electrons. The van der Waals surface area contributed by atoms with Gasteiger partial charge >= 0.3 is 11.9 Å². The first-order valence-corrected chi connectivity index (χ1v) is 8.76. The van der Waals surface area contributed by atoms with Crippen LogP contribution in [-0.2, 0) is 19.1 Å². The third kappa shape index (κ3) is 6.06. The first-order chi connectivity index (χ1) is 11.0. The van der Waals surface area contributed by atoms with Crippen molar-refractivity contribution in [2.24, 2.45) is 0 Å². The molecular formula is C18H33NO5. The maximum atomic E-state index is 11.4. The summed E-state index contributed by atoms with van der Waals surface area (Å²) in [6, 6.07) is 0. The van der Waals surface area contributed by atoms with E-state index in [2.05, 4.69) is 32.6 Å². The van der Waals surface area contributed by atoms with Gasteiger partial charge in [0.05, 0.1) is 0 Å². The van der Waals surface area contributed by atoms with Crippen LogP contribution >= 0.6 is 0 Å². The molecule has 0 aromatic carbocycles. The van der Waals surface area contributed by atoms with Crippen molar-refractivity contribution in [1.29, 1.82) is 0 Å². The van der Waals surface area contributed by atoms with Crippen molar-refractivity contribution in [2.75, 3.05) is 13.2 Å². The van der Waals surface area contributed by atoms with Crippen LogP contribution in [0.15, 0.2) is 0 Å². The monoisotopic (exact) mass is 343 g/mol. The lowest BCUT2D eigenvalue weighted by Crippen LogP contribution is -2.64. The molecule has 1 heterocycles. The van der Waals surface area contributed by atoms with Gasteiger partial charge in [-0.1, -0.05) is 6.92 Å². The molecule has 0 aromatic rings. The van der Waals surface area contributed by atoms with Crippen LogP contribution in [0, 0.1) is 0 Å². The van der Waals surface area contributed by atoms with E-state index in [9.17, 15) is 14.7 Å². The molecule has 0 radical (unpaired) electrons. The molecule has 6 nitrogen and oxygen atoms in total. The number of piperidine rings is 1. The van der Waals surface area contributed by atoms with Gasteiger partial charge in [-0.05, 0) is 34.1 Å². The highest BCUT2D eigenvalue weighted by molar-refractivity contribution is 5.69. The highest BCUT2D eigenvalue weighted by Crippen LogP contribution is 2.39. The van der Waals surface area contributed by atoms with Gasteiger partial charge in [-0.15, -0.1) is 0 Å². The predicted molar refractivity (Wildman–Crippen MR) is 91.5 cm³/mol. The third-order valence-electron chi connectivity index (χ3n) is 4.53. The summed E-state index contributed by atoms with van der Waals surface area (Å²) in [5.74, 6) is -0.536. The molecule has 0 spiro atoms. The van der Waals surface area contributed by atoms with Gasteiger partial charge in [0.1, 0.15) is 18.8 Å². The summed E-state index contributed by atoms with van der Waals surface area (Å²) in [5.41, 5.74) is -0.480. The number of carbonyl (C=O) groups is 2. The number of ether oxygens (including phenoxy) is 2. The molecule has 0 saturated carbocycles. The van der Waals surface area contributed by atoms with Gasteiger partial charge in [-0.2, -0.15) is 0 Å². The number of hydrogen-bond acceptors (Lipinski definition) is 6. The van der Waals surface area contributed by atoms with Crippen molar-refractivity contribution in [3.8, 4) is 0 Å². The van der Waals surface area contributed by atoms with E-state index in [0.717, 1.165) is 6.42 Å². The molecule has 0 aromatic heterocycles. The van der Waals surface area contributed by atoms with Crippen molar-refractivity contribution in [2.45, 2.75) is 90.5 Å². The average Bonchev–Trinajstić information content (AvgIpc) is 2.39. The number of β-amino-alcohol motifs (C(OH)–C–C–N with tert-alkyl or cyclic N) is 1. The predicted octanol–water partition coefficient (Wildman–Crippen LogP) is 2.28. The minimum atomic E-state index is -0.741. The normalized spacial score (nSPS) is 22.0. The van der Waals surface area contributed by atoms with Crippen LogP contribution in [-0.4, -0.2) is 58.4 Å². The molecule has 1 aliphatic rings. The zero-order valence-electron chi connectivity index (χ0n) is 15.9. The summed E-state index contributed by atoms with van der Waals surface area (Å²) in [6.45, 7) is 12.1. The highest BCUT2D eigenvalue weighted by Gasteiger charge is 2.46. The summed E-state index contributed by atoms with van der Waals surface area (Å²) < 4.78 is 10.5. The molecule has 1 saturated heterocycles. The minimum absolute atomic E-state index is 0.00880. The van der Waals surface area contributed by atoms with Crippen LogP contribution in [0.1, 0.15) is 67.2 Å². The van der Waals surface area contributed by atoms with Gasteiger partial charge in [-0.25, -0.2) is 0 Å². The Kier molecular flexibility index (Phi) is 7.23. The number of carbonyl (C=O) groups excluding carboxylic acids is 2. The number of hydrogen-bond donors (Lipinski definition) is 1. The second kappa shape index (κ2) is 8.30. The third-order valence-corrected chi connectivity index (χ3v) is 4.53. The number of likely N-dealkylation sites (tertiary alicyclic amines) is 1. The molecule has 1 atom stereocenters. The smallest absolute Gasteiger partial charge is 0.305 e. The summed E-state index contributed by atoms with van der Waals surface area (Å²) in [4.78, 5) is 24.9. The Morgan fingerprint density at radius 3 is 2.21 bits per heavy atom. The molecule has 1 rings (SSSR count). The Balaban J connectivity index is 2.68. The number of nitrogens with zero attached hydrogens (tertiary/aromatic N) is 1. The molecule has 0 aliphatic carbocycles. The lowest BCUT2D eigenvalue weighted by Gasteiger charge is -2.55. The fraction of sp³-hybridized carbons (Fsp3) is 0.889. The van der Waals surface area contributed by atoms with Gasteiger partial charge in [0, 0.05) is 43.8 Å². The second-order valence-electron chi connectivity index (χ2n) is 7.96. The molecular weight excluding hydrogens is 310 g/mol. The molecule has 0 amide bonds.